The molecule has 3 N–H and O–H groups in total. The highest BCUT2D eigenvalue weighted by Gasteiger charge is 2.15. The lowest BCUT2D eigenvalue weighted by molar-refractivity contribution is 0.572. The van der Waals surface area contributed by atoms with E-state index in [4.69, 9.17) is 5.84 Å². The molecular formula is C14H16F2N4. The predicted molar refractivity (Wildman–Crippen MR) is 75.2 cm³/mol. The molecule has 0 bridgehead atoms. The molecule has 0 aliphatic rings. The highest BCUT2D eigenvalue weighted by Crippen LogP contribution is 2.22. The highest BCUT2D eigenvalue weighted by atomic mass is 19.1. The summed E-state index contributed by atoms with van der Waals surface area (Å²) in [4.78, 5) is 5.46. The Morgan fingerprint density at radius 2 is 1.95 bits per heavy atom. The van der Waals surface area contributed by atoms with Crippen LogP contribution in [-0.2, 0) is 6.54 Å². The van der Waals surface area contributed by atoms with Crippen LogP contribution in [0.15, 0.2) is 30.3 Å². The standard InChI is InChI=1S/C14H16F2N4/c1-9-5-3-4-6-10(9)8-20(2)14-12(16)7-11(15)13(18-14)19-17/h3-7H,8,17H2,1-2H3,(H,18,19). The minimum Gasteiger partial charge on any atom is -0.353 e. The van der Waals surface area contributed by atoms with Gasteiger partial charge in [0.25, 0.3) is 0 Å². The molecule has 0 amide bonds. The number of hydrogen-bond acceptors (Lipinski definition) is 4. The van der Waals surface area contributed by atoms with Crippen LogP contribution in [0.1, 0.15) is 11.1 Å². The Morgan fingerprint density at radius 1 is 1.25 bits per heavy atom. The van der Waals surface area contributed by atoms with E-state index in [1.807, 2.05) is 31.2 Å². The van der Waals surface area contributed by atoms with Gasteiger partial charge in [-0.25, -0.2) is 19.6 Å². The number of nitrogens with two attached hydrogens (primary N) is 1. The van der Waals surface area contributed by atoms with Crippen molar-refractivity contribution in [1.29, 1.82) is 0 Å². The molecule has 0 radical (unpaired) electrons. The van der Waals surface area contributed by atoms with Crippen LogP contribution in [0.2, 0.25) is 0 Å². The van der Waals surface area contributed by atoms with Gasteiger partial charge in [0, 0.05) is 19.7 Å². The molecule has 0 saturated heterocycles. The van der Waals surface area contributed by atoms with Crippen LogP contribution in [0.5, 0.6) is 0 Å². The van der Waals surface area contributed by atoms with E-state index in [1.165, 1.54) is 0 Å². The second kappa shape index (κ2) is 5.83. The second-order valence-corrected chi connectivity index (χ2v) is 4.55. The molecule has 0 aliphatic heterocycles. The lowest BCUT2D eigenvalue weighted by Crippen LogP contribution is -2.21. The number of nitrogen functional groups attached to an aromatic ring is 1. The molecule has 0 spiro atoms. The van der Waals surface area contributed by atoms with E-state index in [1.54, 1.807) is 11.9 Å². The zero-order valence-electron chi connectivity index (χ0n) is 11.3. The van der Waals surface area contributed by atoms with Crippen molar-refractivity contribution in [2.75, 3.05) is 17.4 Å². The number of hydrogen-bond donors (Lipinski definition) is 2. The molecule has 106 valence electrons. The Balaban J connectivity index is 2.30. The van der Waals surface area contributed by atoms with Crippen molar-refractivity contribution < 1.29 is 8.78 Å². The fourth-order valence-electron chi connectivity index (χ4n) is 1.94. The minimum absolute atomic E-state index is 0.0441. The summed E-state index contributed by atoms with van der Waals surface area (Å²) in [5.41, 5.74) is 4.25. The smallest absolute Gasteiger partial charge is 0.178 e. The summed E-state index contributed by atoms with van der Waals surface area (Å²) in [6.45, 7) is 2.44. The summed E-state index contributed by atoms with van der Waals surface area (Å²) in [7, 11) is 1.69. The minimum atomic E-state index is -0.821. The van der Waals surface area contributed by atoms with E-state index in [9.17, 15) is 8.78 Å². The number of rotatable bonds is 4. The van der Waals surface area contributed by atoms with E-state index < -0.39 is 11.6 Å². The van der Waals surface area contributed by atoms with Crippen LogP contribution >= 0.6 is 0 Å². The molecule has 6 heteroatoms. The Bertz CT molecular complexity index is 616. The number of nitrogens with one attached hydrogen (secondary N) is 1. The fraction of sp³-hybridized carbons (Fsp3) is 0.214. The third-order valence-electron chi connectivity index (χ3n) is 3.08. The van der Waals surface area contributed by atoms with E-state index >= 15 is 0 Å². The molecule has 1 aromatic carbocycles. The zero-order chi connectivity index (χ0) is 14.7. The summed E-state index contributed by atoms with van der Waals surface area (Å²) in [6.07, 6.45) is 0. The maximum atomic E-state index is 13.8. The first-order valence-corrected chi connectivity index (χ1v) is 6.11. The van der Waals surface area contributed by atoms with Crippen LogP contribution in [0, 0.1) is 18.6 Å². The van der Waals surface area contributed by atoms with Crippen molar-refractivity contribution in [3.05, 3.63) is 53.1 Å². The average molecular weight is 278 g/mol. The summed E-state index contributed by atoms with van der Waals surface area (Å²) >= 11 is 0. The molecule has 0 atom stereocenters. The van der Waals surface area contributed by atoms with Crippen LogP contribution < -0.4 is 16.2 Å². The SMILES string of the molecule is Cc1ccccc1CN(C)c1nc(NN)c(F)cc1F. The number of nitrogens with zero attached hydrogens (tertiary/aromatic N) is 2. The lowest BCUT2D eigenvalue weighted by atomic mass is 10.1. The van der Waals surface area contributed by atoms with Crippen molar-refractivity contribution in [2.24, 2.45) is 5.84 Å². The average Bonchev–Trinajstić information content (AvgIpc) is 2.41. The van der Waals surface area contributed by atoms with Crippen LogP contribution in [0.3, 0.4) is 0 Å². The van der Waals surface area contributed by atoms with Crippen molar-refractivity contribution in [3.63, 3.8) is 0 Å². The largest absolute Gasteiger partial charge is 0.353 e. The molecule has 0 saturated carbocycles. The van der Waals surface area contributed by atoms with Crippen molar-refractivity contribution in [1.82, 2.24) is 4.98 Å². The third kappa shape index (κ3) is 2.85. The Morgan fingerprint density at radius 3 is 2.60 bits per heavy atom. The van der Waals surface area contributed by atoms with Gasteiger partial charge in [0.1, 0.15) is 0 Å². The Labute approximate surface area is 116 Å². The van der Waals surface area contributed by atoms with Gasteiger partial charge in [0.15, 0.2) is 23.3 Å². The second-order valence-electron chi connectivity index (χ2n) is 4.55. The number of anilines is 2. The number of aryl methyl sites for hydroxylation is 1. The van der Waals surface area contributed by atoms with E-state index in [0.29, 0.717) is 6.54 Å². The molecule has 2 aromatic rings. The van der Waals surface area contributed by atoms with Crippen LogP contribution in [0.25, 0.3) is 0 Å². The van der Waals surface area contributed by atoms with Crippen molar-refractivity contribution >= 4 is 11.6 Å². The first-order valence-electron chi connectivity index (χ1n) is 6.11. The maximum Gasteiger partial charge on any atom is 0.178 e. The van der Waals surface area contributed by atoms with Gasteiger partial charge in [0.05, 0.1) is 0 Å². The lowest BCUT2D eigenvalue weighted by Gasteiger charge is -2.20. The van der Waals surface area contributed by atoms with Crippen molar-refractivity contribution in [3.8, 4) is 0 Å². The Hall–Kier alpha value is -2.21. The summed E-state index contributed by atoms with van der Waals surface area (Å²) in [5.74, 6) is 3.47. The number of benzene rings is 1. The number of pyridine rings is 1. The van der Waals surface area contributed by atoms with Gasteiger partial charge >= 0.3 is 0 Å². The van der Waals surface area contributed by atoms with Gasteiger partial charge in [-0.1, -0.05) is 24.3 Å². The quantitative estimate of drug-likeness (QED) is 0.666. The van der Waals surface area contributed by atoms with E-state index in [0.717, 1.165) is 17.2 Å². The normalized spacial score (nSPS) is 10.4. The predicted octanol–water partition coefficient (Wildman–Crippen LogP) is 2.59. The van der Waals surface area contributed by atoms with Gasteiger partial charge in [0.2, 0.25) is 0 Å². The molecule has 20 heavy (non-hydrogen) atoms. The monoisotopic (exact) mass is 278 g/mol. The highest BCUT2D eigenvalue weighted by molar-refractivity contribution is 5.49. The summed E-state index contributed by atoms with van der Waals surface area (Å²) in [5, 5.41) is 0. The molecule has 1 heterocycles. The zero-order valence-corrected chi connectivity index (χ0v) is 11.3. The molecule has 1 aromatic heterocycles. The van der Waals surface area contributed by atoms with Gasteiger partial charge < -0.3 is 10.3 Å². The molecular weight excluding hydrogens is 262 g/mol. The van der Waals surface area contributed by atoms with Gasteiger partial charge in [-0.3, -0.25) is 0 Å². The van der Waals surface area contributed by atoms with E-state index in [2.05, 4.69) is 10.4 Å². The van der Waals surface area contributed by atoms with Gasteiger partial charge in [-0.15, -0.1) is 0 Å². The fourth-order valence-corrected chi connectivity index (χ4v) is 1.94. The first kappa shape index (κ1) is 14.2. The number of aromatic nitrogens is 1. The Kier molecular flexibility index (Phi) is 4.14. The van der Waals surface area contributed by atoms with E-state index in [-0.39, 0.29) is 11.6 Å². The number of halogens is 2. The van der Waals surface area contributed by atoms with Crippen LogP contribution in [0.4, 0.5) is 20.4 Å². The van der Waals surface area contributed by atoms with Crippen molar-refractivity contribution in [2.45, 2.75) is 13.5 Å². The topological polar surface area (TPSA) is 54.2 Å². The molecule has 4 nitrogen and oxygen atoms in total. The maximum absolute atomic E-state index is 13.8. The first-order chi connectivity index (χ1) is 9.52. The summed E-state index contributed by atoms with van der Waals surface area (Å²) in [6, 6.07) is 8.55. The van der Waals surface area contributed by atoms with Gasteiger partial charge in [-0.2, -0.15) is 0 Å². The third-order valence-corrected chi connectivity index (χ3v) is 3.08. The number of hydrazine groups is 1. The molecule has 0 aliphatic carbocycles. The molecule has 0 fully saturated rings. The van der Waals surface area contributed by atoms with Gasteiger partial charge in [-0.05, 0) is 18.1 Å². The summed E-state index contributed by atoms with van der Waals surface area (Å²) < 4.78 is 27.1. The van der Waals surface area contributed by atoms with Crippen LogP contribution in [-0.4, -0.2) is 12.0 Å². The molecule has 0 unspecified atom stereocenters. The molecule has 2 rings (SSSR count).